The molecule has 0 bridgehead atoms. The van der Waals surface area contributed by atoms with Gasteiger partial charge in [0.2, 0.25) is 5.91 Å². The predicted octanol–water partition coefficient (Wildman–Crippen LogP) is 1.14. The molecule has 0 atom stereocenters. The first-order chi connectivity index (χ1) is 7.13. The van der Waals surface area contributed by atoms with Crippen molar-refractivity contribution >= 4 is 11.6 Å². The Kier molecular flexibility index (Phi) is 4.30. The van der Waals surface area contributed by atoms with E-state index in [0.29, 0.717) is 25.4 Å². The largest absolute Gasteiger partial charge is 0.330 e. The van der Waals surface area contributed by atoms with Crippen LogP contribution in [0.4, 0.5) is 5.69 Å². The van der Waals surface area contributed by atoms with Crippen molar-refractivity contribution in [3.05, 3.63) is 12.4 Å². The molecule has 1 amide bonds. The van der Waals surface area contributed by atoms with Gasteiger partial charge in [0.25, 0.3) is 0 Å². The Labute approximate surface area is 89.6 Å². The fourth-order valence-corrected chi connectivity index (χ4v) is 1.17. The van der Waals surface area contributed by atoms with Crippen LogP contribution in [0.2, 0.25) is 0 Å². The minimum Gasteiger partial charge on any atom is -0.330 e. The predicted molar refractivity (Wildman–Crippen MR) is 59.5 cm³/mol. The molecule has 0 aromatic carbocycles. The molecule has 5 heteroatoms. The highest BCUT2D eigenvalue weighted by molar-refractivity contribution is 5.90. The van der Waals surface area contributed by atoms with Crippen molar-refractivity contribution in [1.29, 1.82) is 0 Å². The number of hydrogen-bond donors (Lipinski definition) is 2. The van der Waals surface area contributed by atoms with Crippen molar-refractivity contribution in [3.63, 3.8) is 0 Å². The summed E-state index contributed by atoms with van der Waals surface area (Å²) in [6.07, 6.45) is 4.65. The number of nitrogens with two attached hydrogens (primary N) is 1. The number of carbonyl (C=O) groups is 1. The standard InChI is InChI=1S/C10H18N4O/c1-8(2)14-7-9(6-12-14)13-10(15)4-3-5-11/h6-8H,3-5,11H2,1-2H3,(H,13,15). The van der Waals surface area contributed by atoms with Gasteiger partial charge in [0.15, 0.2) is 0 Å². The van der Waals surface area contributed by atoms with Crippen molar-refractivity contribution in [2.75, 3.05) is 11.9 Å². The second-order valence-electron chi connectivity index (χ2n) is 3.74. The van der Waals surface area contributed by atoms with Gasteiger partial charge < -0.3 is 11.1 Å². The Hall–Kier alpha value is -1.36. The number of amides is 1. The van der Waals surface area contributed by atoms with Gasteiger partial charge in [0, 0.05) is 18.7 Å². The van der Waals surface area contributed by atoms with Crippen molar-refractivity contribution in [1.82, 2.24) is 9.78 Å². The molecule has 5 nitrogen and oxygen atoms in total. The summed E-state index contributed by atoms with van der Waals surface area (Å²) in [6, 6.07) is 0.305. The lowest BCUT2D eigenvalue weighted by molar-refractivity contribution is -0.116. The number of nitrogens with one attached hydrogen (secondary N) is 1. The van der Waals surface area contributed by atoms with Crippen LogP contribution >= 0.6 is 0 Å². The number of rotatable bonds is 5. The van der Waals surface area contributed by atoms with Gasteiger partial charge in [0.1, 0.15) is 0 Å². The summed E-state index contributed by atoms with van der Waals surface area (Å²) in [7, 11) is 0. The fraction of sp³-hybridized carbons (Fsp3) is 0.600. The summed E-state index contributed by atoms with van der Waals surface area (Å²) in [5.41, 5.74) is 6.06. The lowest BCUT2D eigenvalue weighted by atomic mass is 10.3. The van der Waals surface area contributed by atoms with Crippen LogP contribution < -0.4 is 11.1 Å². The number of hydrogen-bond acceptors (Lipinski definition) is 3. The zero-order valence-electron chi connectivity index (χ0n) is 9.23. The number of aromatic nitrogens is 2. The summed E-state index contributed by atoms with van der Waals surface area (Å²) in [6.45, 7) is 4.61. The van der Waals surface area contributed by atoms with Gasteiger partial charge in [-0.2, -0.15) is 5.10 Å². The van der Waals surface area contributed by atoms with Gasteiger partial charge >= 0.3 is 0 Å². The van der Waals surface area contributed by atoms with Crippen LogP contribution in [-0.4, -0.2) is 22.2 Å². The molecule has 0 saturated heterocycles. The second-order valence-corrected chi connectivity index (χ2v) is 3.74. The highest BCUT2D eigenvalue weighted by Gasteiger charge is 2.05. The average molecular weight is 210 g/mol. The first-order valence-corrected chi connectivity index (χ1v) is 5.17. The first kappa shape index (κ1) is 11.7. The van der Waals surface area contributed by atoms with E-state index in [1.807, 2.05) is 20.0 Å². The zero-order chi connectivity index (χ0) is 11.3. The van der Waals surface area contributed by atoms with Crippen LogP contribution in [0, 0.1) is 0 Å². The Morgan fingerprint density at radius 1 is 1.67 bits per heavy atom. The van der Waals surface area contributed by atoms with Crippen LogP contribution in [0.1, 0.15) is 32.7 Å². The molecule has 15 heavy (non-hydrogen) atoms. The Balaban J connectivity index is 2.46. The van der Waals surface area contributed by atoms with E-state index in [1.54, 1.807) is 10.9 Å². The van der Waals surface area contributed by atoms with Crippen LogP contribution in [0.5, 0.6) is 0 Å². The van der Waals surface area contributed by atoms with Crippen molar-refractivity contribution in [2.45, 2.75) is 32.7 Å². The van der Waals surface area contributed by atoms with E-state index in [1.165, 1.54) is 0 Å². The van der Waals surface area contributed by atoms with Crippen LogP contribution in [0.15, 0.2) is 12.4 Å². The maximum atomic E-state index is 11.3. The summed E-state index contributed by atoms with van der Waals surface area (Å²) in [5, 5.41) is 6.90. The third-order valence-electron chi connectivity index (χ3n) is 2.02. The first-order valence-electron chi connectivity index (χ1n) is 5.17. The molecule has 1 heterocycles. The van der Waals surface area contributed by atoms with Crippen molar-refractivity contribution < 1.29 is 4.79 Å². The zero-order valence-corrected chi connectivity index (χ0v) is 9.23. The van der Waals surface area contributed by atoms with Gasteiger partial charge in [-0.3, -0.25) is 9.48 Å². The molecule has 1 aromatic heterocycles. The van der Waals surface area contributed by atoms with E-state index in [-0.39, 0.29) is 5.91 Å². The summed E-state index contributed by atoms with van der Waals surface area (Å²) in [5.74, 6) is -0.0104. The monoisotopic (exact) mass is 210 g/mol. The van der Waals surface area contributed by atoms with Gasteiger partial charge in [-0.05, 0) is 26.8 Å². The topological polar surface area (TPSA) is 72.9 Å². The third kappa shape index (κ3) is 3.71. The lowest BCUT2D eigenvalue weighted by Gasteiger charge is -2.03. The number of carbonyl (C=O) groups excluding carboxylic acids is 1. The van der Waals surface area contributed by atoms with Gasteiger partial charge in [-0.1, -0.05) is 0 Å². The number of nitrogens with zero attached hydrogens (tertiary/aromatic N) is 2. The van der Waals surface area contributed by atoms with Crippen molar-refractivity contribution in [2.24, 2.45) is 5.73 Å². The molecule has 0 unspecified atom stereocenters. The molecule has 84 valence electrons. The van der Waals surface area contributed by atoms with Gasteiger partial charge in [0.05, 0.1) is 11.9 Å². The molecule has 1 rings (SSSR count). The lowest BCUT2D eigenvalue weighted by Crippen LogP contribution is -2.13. The fourth-order valence-electron chi connectivity index (χ4n) is 1.17. The molecule has 0 saturated carbocycles. The summed E-state index contributed by atoms with van der Waals surface area (Å²) in [4.78, 5) is 11.3. The summed E-state index contributed by atoms with van der Waals surface area (Å²) >= 11 is 0. The second kappa shape index (κ2) is 5.50. The minimum absolute atomic E-state index is 0.0104. The molecule has 0 aliphatic rings. The molecule has 0 aliphatic carbocycles. The molecule has 0 fully saturated rings. The van der Waals surface area contributed by atoms with Crippen LogP contribution in [-0.2, 0) is 4.79 Å². The highest BCUT2D eigenvalue weighted by Crippen LogP contribution is 2.10. The number of anilines is 1. The van der Waals surface area contributed by atoms with Crippen molar-refractivity contribution in [3.8, 4) is 0 Å². The van der Waals surface area contributed by atoms with E-state index in [4.69, 9.17) is 5.73 Å². The Morgan fingerprint density at radius 2 is 2.40 bits per heavy atom. The maximum Gasteiger partial charge on any atom is 0.224 e. The van der Waals surface area contributed by atoms with E-state index >= 15 is 0 Å². The Bertz CT molecular complexity index is 319. The molecule has 3 N–H and O–H groups in total. The van der Waals surface area contributed by atoms with Crippen LogP contribution in [0.25, 0.3) is 0 Å². The molecule has 1 aromatic rings. The normalized spacial score (nSPS) is 10.7. The van der Waals surface area contributed by atoms with Gasteiger partial charge in [-0.15, -0.1) is 0 Å². The smallest absolute Gasteiger partial charge is 0.224 e. The third-order valence-corrected chi connectivity index (χ3v) is 2.02. The average Bonchev–Trinajstić information content (AvgIpc) is 2.63. The SMILES string of the molecule is CC(C)n1cc(NC(=O)CCCN)cn1. The summed E-state index contributed by atoms with van der Waals surface area (Å²) < 4.78 is 1.80. The van der Waals surface area contributed by atoms with Gasteiger partial charge in [-0.25, -0.2) is 0 Å². The quantitative estimate of drug-likeness (QED) is 0.765. The molecular weight excluding hydrogens is 192 g/mol. The van der Waals surface area contributed by atoms with E-state index in [9.17, 15) is 4.79 Å². The van der Waals surface area contributed by atoms with E-state index in [2.05, 4.69) is 10.4 Å². The molecule has 0 radical (unpaired) electrons. The molecule has 0 spiro atoms. The molecule has 0 aliphatic heterocycles. The maximum absolute atomic E-state index is 11.3. The Morgan fingerprint density at radius 3 is 2.93 bits per heavy atom. The van der Waals surface area contributed by atoms with E-state index < -0.39 is 0 Å². The minimum atomic E-state index is -0.0104. The van der Waals surface area contributed by atoms with Crippen LogP contribution in [0.3, 0.4) is 0 Å². The molecular formula is C10H18N4O. The highest BCUT2D eigenvalue weighted by atomic mass is 16.1. The van der Waals surface area contributed by atoms with E-state index in [0.717, 1.165) is 5.69 Å².